The maximum absolute atomic E-state index is 11.7. The van der Waals surface area contributed by atoms with Crippen LogP contribution in [0.1, 0.15) is 17.3 Å². The minimum absolute atomic E-state index is 0.154. The zero-order valence-electron chi connectivity index (χ0n) is 10.1. The highest BCUT2D eigenvalue weighted by atomic mass is 79.9. The summed E-state index contributed by atoms with van der Waals surface area (Å²) in [6, 6.07) is 3.46. The highest BCUT2D eigenvalue weighted by molar-refractivity contribution is 9.09. The van der Waals surface area contributed by atoms with Gasteiger partial charge in [-0.2, -0.15) is 0 Å². The Hall–Kier alpha value is -1.43. The average Bonchev–Trinajstić information content (AvgIpc) is 2.85. The summed E-state index contributed by atoms with van der Waals surface area (Å²) in [5, 5.41) is 0. The van der Waals surface area contributed by atoms with Crippen LogP contribution in [-0.4, -0.2) is 26.5 Å². The Morgan fingerprint density at radius 3 is 2.94 bits per heavy atom. The van der Waals surface area contributed by atoms with Crippen LogP contribution < -0.4 is 14.2 Å². The number of halogens is 1. The zero-order valence-corrected chi connectivity index (χ0v) is 11.7. The van der Waals surface area contributed by atoms with E-state index in [-0.39, 0.29) is 12.8 Å². The van der Waals surface area contributed by atoms with Crippen LogP contribution in [0, 0.1) is 0 Å². The number of ether oxygens (including phenoxy) is 4. The number of rotatable bonds is 4. The molecule has 6 heteroatoms. The van der Waals surface area contributed by atoms with Crippen molar-refractivity contribution >= 4 is 21.9 Å². The molecule has 0 aliphatic carbocycles. The SMILES string of the molecule is CCOC(=O)C(Br)c1cc(OC)c2c(c1)OCO2. The molecule has 1 atom stereocenters. The lowest BCUT2D eigenvalue weighted by atomic mass is 10.1. The molecule has 1 aliphatic rings. The second-order valence-corrected chi connectivity index (χ2v) is 4.49. The standard InChI is InChI=1S/C12H13BrO5/c1-3-16-12(14)10(13)7-4-8(15-2)11-9(5-7)17-6-18-11/h4-5,10H,3,6H2,1-2H3. The lowest BCUT2D eigenvalue weighted by molar-refractivity contribution is -0.142. The molecule has 1 aromatic carbocycles. The number of hydrogen-bond donors (Lipinski definition) is 0. The Morgan fingerprint density at radius 2 is 2.28 bits per heavy atom. The molecule has 1 aromatic rings. The molecular weight excluding hydrogens is 304 g/mol. The monoisotopic (exact) mass is 316 g/mol. The zero-order chi connectivity index (χ0) is 13.1. The number of esters is 1. The Balaban J connectivity index is 2.31. The normalized spacial score (nSPS) is 14.2. The fourth-order valence-corrected chi connectivity index (χ4v) is 2.04. The van der Waals surface area contributed by atoms with Crippen molar-refractivity contribution in [1.29, 1.82) is 0 Å². The van der Waals surface area contributed by atoms with Gasteiger partial charge in [-0.05, 0) is 24.6 Å². The van der Waals surface area contributed by atoms with Crippen molar-refractivity contribution in [1.82, 2.24) is 0 Å². The van der Waals surface area contributed by atoms with Crippen molar-refractivity contribution < 1.29 is 23.7 Å². The Bertz CT molecular complexity index is 460. The van der Waals surface area contributed by atoms with E-state index in [1.807, 2.05) is 0 Å². The van der Waals surface area contributed by atoms with Crippen molar-refractivity contribution in [3.8, 4) is 17.2 Å². The smallest absolute Gasteiger partial charge is 0.324 e. The first kappa shape index (κ1) is 13.0. The van der Waals surface area contributed by atoms with Crippen molar-refractivity contribution in [3.05, 3.63) is 17.7 Å². The number of methoxy groups -OCH3 is 1. The molecule has 5 nitrogen and oxygen atoms in total. The minimum Gasteiger partial charge on any atom is -0.493 e. The third-order valence-electron chi connectivity index (χ3n) is 2.47. The maximum Gasteiger partial charge on any atom is 0.324 e. The number of fused-ring (bicyclic) bond motifs is 1. The predicted octanol–water partition coefficient (Wildman–Crippen LogP) is 2.42. The predicted molar refractivity (Wildman–Crippen MR) is 67.4 cm³/mol. The van der Waals surface area contributed by atoms with Gasteiger partial charge in [0.2, 0.25) is 12.5 Å². The molecule has 0 fully saturated rings. The second-order valence-electron chi connectivity index (χ2n) is 3.57. The van der Waals surface area contributed by atoms with Crippen LogP contribution in [0.15, 0.2) is 12.1 Å². The first-order valence-electron chi connectivity index (χ1n) is 5.45. The molecule has 1 unspecified atom stereocenters. The Morgan fingerprint density at radius 1 is 1.50 bits per heavy atom. The topological polar surface area (TPSA) is 54.0 Å². The van der Waals surface area contributed by atoms with E-state index in [2.05, 4.69) is 15.9 Å². The molecule has 1 heterocycles. The van der Waals surface area contributed by atoms with Crippen LogP contribution in [0.5, 0.6) is 17.2 Å². The largest absolute Gasteiger partial charge is 0.493 e. The summed E-state index contributed by atoms with van der Waals surface area (Å²) < 4.78 is 20.7. The van der Waals surface area contributed by atoms with Gasteiger partial charge in [-0.1, -0.05) is 15.9 Å². The third kappa shape index (κ3) is 2.38. The fourth-order valence-electron chi connectivity index (χ4n) is 1.65. The van der Waals surface area contributed by atoms with E-state index in [1.54, 1.807) is 19.1 Å². The number of carbonyl (C=O) groups is 1. The van der Waals surface area contributed by atoms with Crippen LogP contribution in [0.25, 0.3) is 0 Å². The van der Waals surface area contributed by atoms with Gasteiger partial charge in [0.1, 0.15) is 4.83 Å². The highest BCUT2D eigenvalue weighted by Crippen LogP contribution is 2.44. The molecule has 0 N–H and O–H groups in total. The highest BCUT2D eigenvalue weighted by Gasteiger charge is 2.25. The quantitative estimate of drug-likeness (QED) is 0.630. The molecule has 0 aromatic heterocycles. The van der Waals surface area contributed by atoms with Crippen molar-refractivity contribution in [3.63, 3.8) is 0 Å². The van der Waals surface area contributed by atoms with Crippen molar-refractivity contribution in [2.75, 3.05) is 20.5 Å². The molecule has 0 saturated carbocycles. The third-order valence-corrected chi connectivity index (χ3v) is 3.37. The summed E-state index contributed by atoms with van der Waals surface area (Å²) >= 11 is 3.30. The van der Waals surface area contributed by atoms with E-state index >= 15 is 0 Å². The van der Waals surface area contributed by atoms with E-state index in [9.17, 15) is 4.79 Å². The van der Waals surface area contributed by atoms with E-state index in [4.69, 9.17) is 18.9 Å². The van der Waals surface area contributed by atoms with Crippen LogP contribution in [0.2, 0.25) is 0 Å². The molecule has 0 radical (unpaired) electrons. The van der Waals surface area contributed by atoms with Gasteiger partial charge < -0.3 is 18.9 Å². The number of alkyl halides is 1. The number of carbonyl (C=O) groups excluding carboxylic acids is 1. The van der Waals surface area contributed by atoms with Crippen LogP contribution in [0.3, 0.4) is 0 Å². The van der Waals surface area contributed by atoms with E-state index in [0.717, 1.165) is 0 Å². The molecule has 1 aliphatic heterocycles. The van der Waals surface area contributed by atoms with Gasteiger partial charge in [0.15, 0.2) is 11.5 Å². The van der Waals surface area contributed by atoms with Gasteiger partial charge >= 0.3 is 5.97 Å². The van der Waals surface area contributed by atoms with Gasteiger partial charge in [-0.25, -0.2) is 0 Å². The molecule has 0 saturated heterocycles. The van der Waals surface area contributed by atoms with Crippen molar-refractivity contribution in [2.45, 2.75) is 11.8 Å². The Labute approximate surface area is 113 Å². The van der Waals surface area contributed by atoms with Crippen LogP contribution in [-0.2, 0) is 9.53 Å². The van der Waals surface area contributed by atoms with Gasteiger partial charge in [-0.3, -0.25) is 4.79 Å². The first-order chi connectivity index (χ1) is 8.67. The van der Waals surface area contributed by atoms with Gasteiger partial charge in [0.25, 0.3) is 0 Å². The molecule has 2 rings (SSSR count). The van der Waals surface area contributed by atoms with E-state index in [0.29, 0.717) is 29.4 Å². The molecule has 0 bridgehead atoms. The van der Waals surface area contributed by atoms with Gasteiger partial charge in [0.05, 0.1) is 13.7 Å². The van der Waals surface area contributed by atoms with E-state index < -0.39 is 4.83 Å². The molecule has 0 amide bonds. The lowest BCUT2D eigenvalue weighted by Crippen LogP contribution is -2.10. The van der Waals surface area contributed by atoms with Gasteiger partial charge in [0, 0.05) is 0 Å². The molecular formula is C12H13BrO5. The summed E-state index contributed by atoms with van der Waals surface area (Å²) in [5.74, 6) is 1.31. The lowest BCUT2D eigenvalue weighted by Gasteiger charge is -2.12. The summed E-state index contributed by atoms with van der Waals surface area (Å²) in [6.07, 6.45) is 0. The average molecular weight is 317 g/mol. The van der Waals surface area contributed by atoms with Crippen LogP contribution >= 0.6 is 15.9 Å². The molecule has 0 spiro atoms. The first-order valence-corrected chi connectivity index (χ1v) is 6.37. The molecule has 18 heavy (non-hydrogen) atoms. The minimum atomic E-state index is -0.555. The maximum atomic E-state index is 11.7. The van der Waals surface area contributed by atoms with Gasteiger partial charge in [-0.15, -0.1) is 0 Å². The van der Waals surface area contributed by atoms with Crippen molar-refractivity contribution in [2.24, 2.45) is 0 Å². The summed E-state index contributed by atoms with van der Waals surface area (Å²) in [7, 11) is 1.54. The molecule has 98 valence electrons. The number of benzene rings is 1. The fraction of sp³-hybridized carbons (Fsp3) is 0.417. The van der Waals surface area contributed by atoms with E-state index in [1.165, 1.54) is 7.11 Å². The summed E-state index contributed by atoms with van der Waals surface area (Å²) in [5.41, 5.74) is 0.703. The second kappa shape index (κ2) is 5.48. The summed E-state index contributed by atoms with van der Waals surface area (Å²) in [4.78, 5) is 11.1. The summed E-state index contributed by atoms with van der Waals surface area (Å²) in [6.45, 7) is 2.25. The van der Waals surface area contributed by atoms with Crippen LogP contribution in [0.4, 0.5) is 0 Å². The Kier molecular flexibility index (Phi) is 3.96. The number of hydrogen-bond acceptors (Lipinski definition) is 5.